The summed E-state index contributed by atoms with van der Waals surface area (Å²) in [4.78, 5) is 24.0. The molecule has 0 N–H and O–H groups in total. The summed E-state index contributed by atoms with van der Waals surface area (Å²) < 4.78 is 8.68. The van der Waals surface area contributed by atoms with Crippen LogP contribution in [0.3, 0.4) is 0 Å². The average Bonchev–Trinajstić information content (AvgIpc) is 3.38. The molecule has 6 nitrogen and oxygen atoms in total. The Labute approximate surface area is 179 Å². The maximum atomic E-state index is 13.3. The van der Waals surface area contributed by atoms with Gasteiger partial charge in [-0.25, -0.2) is 9.97 Å². The van der Waals surface area contributed by atoms with E-state index < -0.39 is 0 Å². The molecule has 0 bridgehead atoms. The van der Waals surface area contributed by atoms with Crippen LogP contribution in [0.4, 0.5) is 5.13 Å². The number of furan rings is 1. The summed E-state index contributed by atoms with van der Waals surface area (Å²) in [5.74, 6) is 1.30. The second-order valence-corrected chi connectivity index (χ2v) is 7.86. The van der Waals surface area contributed by atoms with Gasteiger partial charge in [0.1, 0.15) is 11.5 Å². The molecule has 0 radical (unpaired) electrons. The number of imidazole rings is 1. The number of benzene rings is 1. The molecule has 8 heteroatoms. The lowest BCUT2D eigenvalue weighted by Crippen LogP contribution is -2.32. The first-order valence-corrected chi connectivity index (χ1v) is 10.1. The normalized spacial score (nSPS) is 10.9. The molecule has 29 heavy (non-hydrogen) atoms. The summed E-state index contributed by atoms with van der Waals surface area (Å²) in [6.45, 7) is 7.08. The molecule has 3 heterocycles. The molecular formula is C21H23ClN4O2S. The van der Waals surface area contributed by atoms with Crippen molar-refractivity contribution in [3.05, 3.63) is 65.6 Å². The van der Waals surface area contributed by atoms with Crippen molar-refractivity contribution in [3.63, 3.8) is 0 Å². The largest absolute Gasteiger partial charge is 0.466 e. The quantitative estimate of drug-likeness (QED) is 0.423. The van der Waals surface area contributed by atoms with Crippen molar-refractivity contribution in [3.8, 4) is 0 Å². The van der Waals surface area contributed by atoms with Crippen molar-refractivity contribution in [2.24, 2.45) is 0 Å². The van der Waals surface area contributed by atoms with Gasteiger partial charge in [-0.3, -0.25) is 9.69 Å². The Hall–Kier alpha value is -2.64. The van der Waals surface area contributed by atoms with Crippen LogP contribution in [-0.2, 0) is 6.54 Å². The lowest BCUT2D eigenvalue weighted by molar-refractivity contribution is 0.0985. The summed E-state index contributed by atoms with van der Waals surface area (Å²) >= 11 is 1.55. The molecule has 4 aromatic rings. The fraction of sp³-hybridized carbons (Fsp3) is 0.286. The van der Waals surface area contributed by atoms with Gasteiger partial charge in [0.2, 0.25) is 0 Å². The molecule has 0 unspecified atom stereocenters. The van der Waals surface area contributed by atoms with Gasteiger partial charge in [0.15, 0.2) is 5.13 Å². The third-order valence-corrected chi connectivity index (χ3v) is 5.76. The molecule has 3 aromatic heterocycles. The highest BCUT2D eigenvalue weighted by molar-refractivity contribution is 7.22. The van der Waals surface area contributed by atoms with E-state index in [2.05, 4.69) is 4.98 Å². The van der Waals surface area contributed by atoms with Gasteiger partial charge >= 0.3 is 0 Å². The Morgan fingerprint density at radius 3 is 2.76 bits per heavy atom. The first-order chi connectivity index (χ1) is 13.5. The topological polar surface area (TPSA) is 64.2 Å². The second kappa shape index (κ2) is 8.80. The smallest absolute Gasteiger partial charge is 0.263 e. The zero-order valence-corrected chi connectivity index (χ0v) is 18.2. The molecule has 0 fully saturated rings. The molecule has 0 atom stereocenters. The number of hydrogen-bond donors (Lipinski definition) is 0. The van der Waals surface area contributed by atoms with E-state index in [9.17, 15) is 4.79 Å². The van der Waals surface area contributed by atoms with Crippen molar-refractivity contribution in [1.82, 2.24) is 14.5 Å². The van der Waals surface area contributed by atoms with Gasteiger partial charge in [-0.05, 0) is 44.9 Å². The number of anilines is 1. The van der Waals surface area contributed by atoms with Crippen LogP contribution in [0.25, 0.3) is 10.2 Å². The summed E-state index contributed by atoms with van der Waals surface area (Å²) in [7, 11) is 0. The molecule has 0 aliphatic heterocycles. The minimum Gasteiger partial charge on any atom is -0.466 e. The summed E-state index contributed by atoms with van der Waals surface area (Å²) in [6.07, 6.45) is 6.28. The monoisotopic (exact) mass is 430 g/mol. The third-order valence-electron chi connectivity index (χ3n) is 4.71. The molecule has 0 saturated carbocycles. The number of halogens is 1. The van der Waals surface area contributed by atoms with Gasteiger partial charge in [-0.1, -0.05) is 23.5 Å². The molecule has 152 valence electrons. The van der Waals surface area contributed by atoms with E-state index in [-0.39, 0.29) is 18.3 Å². The lowest BCUT2D eigenvalue weighted by Gasteiger charge is -2.19. The van der Waals surface area contributed by atoms with Gasteiger partial charge in [-0.15, -0.1) is 12.4 Å². The van der Waals surface area contributed by atoms with E-state index in [0.29, 0.717) is 17.9 Å². The van der Waals surface area contributed by atoms with E-state index in [1.807, 2.05) is 49.7 Å². The molecule has 1 amide bonds. The Balaban J connectivity index is 0.00000240. The van der Waals surface area contributed by atoms with Crippen LogP contribution < -0.4 is 4.90 Å². The van der Waals surface area contributed by atoms with Gasteiger partial charge in [0, 0.05) is 25.5 Å². The number of carbonyl (C=O) groups is 1. The van der Waals surface area contributed by atoms with Crippen molar-refractivity contribution >= 4 is 45.0 Å². The number of rotatable bonds is 6. The maximum absolute atomic E-state index is 13.3. The average molecular weight is 431 g/mol. The fourth-order valence-corrected chi connectivity index (χ4v) is 4.36. The van der Waals surface area contributed by atoms with E-state index in [4.69, 9.17) is 9.40 Å². The van der Waals surface area contributed by atoms with Crippen LogP contribution in [-0.4, -0.2) is 27.0 Å². The van der Waals surface area contributed by atoms with E-state index in [1.54, 1.807) is 34.8 Å². The minimum atomic E-state index is -0.0725. The Morgan fingerprint density at radius 2 is 2.10 bits per heavy atom. The van der Waals surface area contributed by atoms with Gasteiger partial charge in [0.05, 0.1) is 22.1 Å². The summed E-state index contributed by atoms with van der Waals surface area (Å²) in [5, 5.41) is 0.721. The van der Waals surface area contributed by atoms with Crippen LogP contribution in [0.15, 0.2) is 47.4 Å². The van der Waals surface area contributed by atoms with Crippen molar-refractivity contribution in [2.75, 3.05) is 11.4 Å². The van der Waals surface area contributed by atoms with E-state index in [0.717, 1.165) is 39.6 Å². The first kappa shape index (κ1) is 21.1. The number of carbonyl (C=O) groups excluding carboxylic acids is 1. The molecule has 0 saturated heterocycles. The second-order valence-electron chi connectivity index (χ2n) is 6.86. The highest BCUT2D eigenvalue weighted by atomic mass is 35.5. The SMILES string of the molecule is Cc1cc(C(=O)N(CCCn2ccnc2)c2nc3c(C)cccc3s2)c(C)o1.Cl. The number of thiazole rings is 1. The van der Waals surface area contributed by atoms with Crippen molar-refractivity contribution in [1.29, 1.82) is 0 Å². The molecule has 4 rings (SSSR count). The van der Waals surface area contributed by atoms with Crippen molar-refractivity contribution < 1.29 is 9.21 Å². The van der Waals surface area contributed by atoms with Crippen molar-refractivity contribution in [2.45, 2.75) is 33.7 Å². The number of fused-ring (bicyclic) bond motifs is 1. The number of amides is 1. The standard InChI is InChI=1S/C21H22N4O2S.ClH/c1-14-6-4-7-18-19(14)23-21(28-18)25(10-5-9-24-11-8-22-13-24)20(26)17-12-15(2)27-16(17)3;/h4,6-8,11-13H,5,9-10H2,1-3H3;1H. The van der Waals surface area contributed by atoms with Crippen LogP contribution in [0.2, 0.25) is 0 Å². The summed E-state index contributed by atoms with van der Waals surface area (Å²) in [5.41, 5.74) is 2.66. The number of hydrogen-bond acceptors (Lipinski definition) is 5. The van der Waals surface area contributed by atoms with Gasteiger partial charge < -0.3 is 8.98 Å². The van der Waals surface area contributed by atoms with Gasteiger partial charge in [-0.2, -0.15) is 0 Å². The Bertz CT molecular complexity index is 1120. The van der Waals surface area contributed by atoms with Crippen LogP contribution >= 0.6 is 23.7 Å². The minimum absolute atomic E-state index is 0. The number of aryl methyl sites for hydroxylation is 4. The molecule has 0 aliphatic rings. The number of para-hydroxylation sites is 1. The molecule has 1 aromatic carbocycles. The summed E-state index contributed by atoms with van der Waals surface area (Å²) in [6, 6.07) is 7.92. The van der Waals surface area contributed by atoms with Crippen LogP contribution in [0.1, 0.15) is 33.9 Å². The Kier molecular flexibility index (Phi) is 6.39. The lowest BCUT2D eigenvalue weighted by atomic mass is 10.2. The molecular weight excluding hydrogens is 408 g/mol. The number of nitrogens with zero attached hydrogens (tertiary/aromatic N) is 4. The predicted octanol–water partition coefficient (Wildman–Crippen LogP) is 5.17. The van der Waals surface area contributed by atoms with Crippen LogP contribution in [0.5, 0.6) is 0 Å². The maximum Gasteiger partial charge on any atom is 0.263 e. The van der Waals surface area contributed by atoms with E-state index >= 15 is 0 Å². The first-order valence-electron chi connectivity index (χ1n) is 9.23. The third kappa shape index (κ3) is 4.36. The zero-order valence-electron chi connectivity index (χ0n) is 16.6. The fourth-order valence-electron chi connectivity index (χ4n) is 3.29. The van der Waals surface area contributed by atoms with E-state index in [1.165, 1.54) is 0 Å². The molecule has 0 aliphatic carbocycles. The highest BCUT2D eigenvalue weighted by Crippen LogP contribution is 2.32. The molecule has 0 spiro atoms. The predicted molar refractivity (Wildman–Crippen MR) is 118 cm³/mol. The highest BCUT2D eigenvalue weighted by Gasteiger charge is 2.24. The van der Waals surface area contributed by atoms with Crippen LogP contribution in [0, 0.1) is 20.8 Å². The number of aromatic nitrogens is 3. The van der Waals surface area contributed by atoms with Gasteiger partial charge in [0.25, 0.3) is 5.91 Å². The Morgan fingerprint density at radius 1 is 1.28 bits per heavy atom. The zero-order chi connectivity index (χ0) is 19.7.